The van der Waals surface area contributed by atoms with Crippen LogP contribution in [-0.4, -0.2) is 44.5 Å². The van der Waals surface area contributed by atoms with E-state index in [4.69, 9.17) is 5.84 Å². The molecule has 142 valence electrons. The number of aryl methyl sites for hydroxylation is 3. The molecule has 6 nitrogen and oxygen atoms in total. The van der Waals surface area contributed by atoms with E-state index in [9.17, 15) is 4.79 Å². The molecule has 2 aromatic rings. The minimum Gasteiger partial charge on any atom is -0.343 e. The van der Waals surface area contributed by atoms with E-state index < -0.39 is 0 Å². The van der Waals surface area contributed by atoms with Gasteiger partial charge < -0.3 is 10.7 Å². The highest BCUT2D eigenvalue weighted by Crippen LogP contribution is 2.27. The van der Waals surface area contributed by atoms with Crippen molar-refractivity contribution in [1.29, 1.82) is 0 Å². The van der Waals surface area contributed by atoms with Crippen LogP contribution in [0, 0.1) is 20.8 Å². The molecular formula is C18H27N5OS2. The first-order valence-electron chi connectivity index (χ1n) is 8.67. The van der Waals surface area contributed by atoms with Crippen LogP contribution in [0.15, 0.2) is 22.4 Å². The van der Waals surface area contributed by atoms with Crippen LogP contribution >= 0.6 is 23.5 Å². The molecule has 0 aliphatic carbocycles. The van der Waals surface area contributed by atoms with Crippen molar-refractivity contribution in [2.24, 2.45) is 0 Å². The normalized spacial score (nSPS) is 11.0. The van der Waals surface area contributed by atoms with E-state index in [2.05, 4.69) is 43.1 Å². The first-order chi connectivity index (χ1) is 12.4. The number of aromatic nitrogens is 3. The monoisotopic (exact) mass is 393 g/mol. The number of thioether (sulfide) groups is 2. The van der Waals surface area contributed by atoms with Crippen molar-refractivity contribution in [2.45, 2.75) is 50.7 Å². The molecule has 0 fully saturated rings. The molecule has 8 heteroatoms. The first kappa shape index (κ1) is 20.6. The average molecular weight is 394 g/mol. The molecule has 2 N–H and O–H groups in total. The molecule has 0 aliphatic rings. The Balaban J connectivity index is 2.00. The zero-order chi connectivity index (χ0) is 19.3. The number of amides is 1. The molecule has 1 heterocycles. The molecule has 0 spiro atoms. The van der Waals surface area contributed by atoms with Crippen molar-refractivity contribution >= 4 is 29.4 Å². The number of rotatable bonds is 8. The van der Waals surface area contributed by atoms with Crippen LogP contribution in [0.3, 0.4) is 0 Å². The van der Waals surface area contributed by atoms with Gasteiger partial charge in [0.25, 0.3) is 0 Å². The average Bonchev–Trinajstić information content (AvgIpc) is 2.93. The summed E-state index contributed by atoms with van der Waals surface area (Å²) in [5, 5.41) is 9.52. The van der Waals surface area contributed by atoms with E-state index in [1.54, 1.807) is 16.7 Å². The van der Waals surface area contributed by atoms with Crippen molar-refractivity contribution in [1.82, 2.24) is 19.8 Å². The minimum atomic E-state index is 0.0862. The van der Waals surface area contributed by atoms with E-state index in [1.807, 2.05) is 13.8 Å². The molecule has 0 saturated heterocycles. The van der Waals surface area contributed by atoms with Gasteiger partial charge in [-0.15, -0.1) is 10.2 Å². The Morgan fingerprint density at radius 2 is 1.62 bits per heavy atom. The predicted molar refractivity (Wildman–Crippen MR) is 109 cm³/mol. The highest BCUT2D eigenvalue weighted by atomic mass is 32.2. The Labute approximate surface area is 163 Å². The molecular weight excluding hydrogens is 366 g/mol. The fourth-order valence-corrected chi connectivity index (χ4v) is 4.70. The van der Waals surface area contributed by atoms with Gasteiger partial charge in [-0.05, 0) is 51.3 Å². The summed E-state index contributed by atoms with van der Waals surface area (Å²) < 4.78 is 1.48. The summed E-state index contributed by atoms with van der Waals surface area (Å²) in [6.45, 7) is 11.7. The molecule has 1 amide bonds. The lowest BCUT2D eigenvalue weighted by molar-refractivity contribution is -0.127. The van der Waals surface area contributed by atoms with E-state index in [-0.39, 0.29) is 5.91 Å². The van der Waals surface area contributed by atoms with Gasteiger partial charge in [0.15, 0.2) is 0 Å². The lowest BCUT2D eigenvalue weighted by Crippen LogP contribution is -2.32. The van der Waals surface area contributed by atoms with Gasteiger partial charge in [0, 0.05) is 18.8 Å². The van der Waals surface area contributed by atoms with E-state index in [0.717, 1.165) is 5.75 Å². The Hall–Kier alpha value is -1.67. The second-order valence-corrected chi connectivity index (χ2v) is 8.04. The molecule has 1 aromatic carbocycles. The highest BCUT2D eigenvalue weighted by molar-refractivity contribution is 8.00. The topological polar surface area (TPSA) is 77.0 Å². The lowest BCUT2D eigenvalue weighted by atomic mass is 10.0. The summed E-state index contributed by atoms with van der Waals surface area (Å²) in [6.07, 6.45) is 0. The van der Waals surface area contributed by atoms with E-state index in [1.165, 1.54) is 38.7 Å². The van der Waals surface area contributed by atoms with Crippen LogP contribution in [0.2, 0.25) is 0 Å². The van der Waals surface area contributed by atoms with Crippen molar-refractivity contribution < 1.29 is 4.79 Å². The van der Waals surface area contributed by atoms with Crippen LogP contribution in [0.1, 0.15) is 36.1 Å². The zero-order valence-corrected chi connectivity index (χ0v) is 17.7. The van der Waals surface area contributed by atoms with Gasteiger partial charge in [0.2, 0.25) is 16.2 Å². The third kappa shape index (κ3) is 4.94. The number of hydrogen-bond acceptors (Lipinski definition) is 6. The smallest absolute Gasteiger partial charge is 0.233 e. The van der Waals surface area contributed by atoms with Gasteiger partial charge in [0.1, 0.15) is 0 Å². The number of benzene rings is 1. The van der Waals surface area contributed by atoms with Crippen molar-refractivity contribution in [3.63, 3.8) is 0 Å². The van der Waals surface area contributed by atoms with Gasteiger partial charge in [-0.2, -0.15) is 0 Å². The van der Waals surface area contributed by atoms with Gasteiger partial charge in [-0.1, -0.05) is 41.2 Å². The van der Waals surface area contributed by atoms with Gasteiger partial charge >= 0.3 is 0 Å². The predicted octanol–water partition coefficient (Wildman–Crippen LogP) is 3.17. The molecule has 0 radical (unpaired) electrons. The standard InChI is InChI=1S/C18H27N5OS2/c1-6-22(7-2)16(24)11-26-18-21-20-17(23(18)19)25-10-15-13(4)8-12(3)9-14(15)5/h8-9H,6-7,10-11,19H2,1-5H3. The SMILES string of the molecule is CCN(CC)C(=O)CSc1nnc(SCc2c(C)cc(C)cc2C)n1N. The van der Waals surface area contributed by atoms with Gasteiger partial charge in [-0.25, -0.2) is 4.68 Å². The number of hydrogen-bond donors (Lipinski definition) is 1. The van der Waals surface area contributed by atoms with Crippen molar-refractivity contribution in [2.75, 3.05) is 24.7 Å². The lowest BCUT2D eigenvalue weighted by Gasteiger charge is -2.17. The summed E-state index contributed by atoms with van der Waals surface area (Å²) in [7, 11) is 0. The van der Waals surface area contributed by atoms with Gasteiger partial charge in [0.05, 0.1) is 5.75 Å². The Morgan fingerprint density at radius 1 is 1.08 bits per heavy atom. The first-order valence-corrected chi connectivity index (χ1v) is 10.6. The summed E-state index contributed by atoms with van der Waals surface area (Å²) in [5.74, 6) is 7.31. The van der Waals surface area contributed by atoms with E-state index >= 15 is 0 Å². The van der Waals surface area contributed by atoms with Crippen LogP contribution in [-0.2, 0) is 10.5 Å². The molecule has 26 heavy (non-hydrogen) atoms. The molecule has 0 saturated carbocycles. The van der Waals surface area contributed by atoms with Crippen molar-refractivity contribution in [3.8, 4) is 0 Å². The number of carbonyl (C=O) groups is 1. The van der Waals surface area contributed by atoms with Crippen LogP contribution in [0.4, 0.5) is 0 Å². The fourth-order valence-electron chi connectivity index (χ4n) is 2.83. The Bertz CT molecular complexity index is 748. The molecule has 0 unspecified atom stereocenters. The Morgan fingerprint density at radius 3 is 2.15 bits per heavy atom. The molecule has 1 aromatic heterocycles. The maximum Gasteiger partial charge on any atom is 0.233 e. The summed E-state index contributed by atoms with van der Waals surface area (Å²) in [5.41, 5.74) is 5.12. The third-order valence-corrected chi connectivity index (χ3v) is 6.16. The van der Waals surface area contributed by atoms with Crippen LogP contribution in [0.5, 0.6) is 0 Å². The molecule has 0 bridgehead atoms. The fraction of sp³-hybridized carbons (Fsp3) is 0.500. The number of carbonyl (C=O) groups excluding carboxylic acids is 1. The second-order valence-electron chi connectivity index (χ2n) is 6.16. The highest BCUT2D eigenvalue weighted by Gasteiger charge is 2.16. The largest absolute Gasteiger partial charge is 0.343 e. The summed E-state index contributed by atoms with van der Waals surface area (Å²) in [4.78, 5) is 13.9. The van der Waals surface area contributed by atoms with Crippen LogP contribution in [0.25, 0.3) is 0 Å². The van der Waals surface area contributed by atoms with Gasteiger partial charge in [-0.3, -0.25) is 4.79 Å². The summed E-state index contributed by atoms with van der Waals surface area (Å²) >= 11 is 2.89. The maximum absolute atomic E-state index is 12.1. The Kier molecular flexibility index (Phi) is 7.40. The number of nitrogens with two attached hydrogens (primary N) is 1. The van der Waals surface area contributed by atoms with E-state index in [0.29, 0.717) is 29.2 Å². The zero-order valence-electron chi connectivity index (χ0n) is 16.1. The number of nitrogen functional groups attached to an aromatic ring is 1. The van der Waals surface area contributed by atoms with Crippen LogP contribution < -0.4 is 5.84 Å². The molecule has 2 rings (SSSR count). The van der Waals surface area contributed by atoms with Crippen molar-refractivity contribution in [3.05, 3.63) is 34.4 Å². The number of nitrogens with zero attached hydrogens (tertiary/aromatic N) is 4. The second kappa shape index (κ2) is 9.32. The quantitative estimate of drug-likeness (QED) is 0.548. The maximum atomic E-state index is 12.1. The summed E-state index contributed by atoms with van der Waals surface area (Å²) in [6, 6.07) is 4.38. The molecule has 0 aliphatic heterocycles. The minimum absolute atomic E-state index is 0.0862. The molecule has 0 atom stereocenters. The third-order valence-electron chi connectivity index (χ3n) is 4.26.